The summed E-state index contributed by atoms with van der Waals surface area (Å²) in [6.45, 7) is 6.15. The van der Waals surface area contributed by atoms with E-state index < -0.39 is 18.0 Å². The fourth-order valence-electron chi connectivity index (χ4n) is 6.29. The molecule has 0 aromatic heterocycles. The highest BCUT2D eigenvalue weighted by Gasteiger charge is 2.51. The molecule has 4 aliphatic heterocycles. The summed E-state index contributed by atoms with van der Waals surface area (Å²) in [4.78, 5) is 23.9. The van der Waals surface area contributed by atoms with Crippen molar-refractivity contribution < 1.29 is 24.5 Å². The Morgan fingerprint density at radius 1 is 1.15 bits per heavy atom. The van der Waals surface area contributed by atoms with E-state index in [1.54, 1.807) is 0 Å². The fourth-order valence-corrected chi connectivity index (χ4v) is 6.29. The predicted octanol–water partition coefficient (Wildman–Crippen LogP) is 3.79. The van der Waals surface area contributed by atoms with Gasteiger partial charge in [-0.15, -0.1) is 6.58 Å². The number of aliphatic carboxylic acids is 1. The Balaban J connectivity index is 0.000000174. The molecule has 6 nitrogen and oxygen atoms in total. The number of hydrogen-bond donors (Lipinski definition) is 2. The van der Waals surface area contributed by atoms with Gasteiger partial charge in [-0.05, 0) is 60.4 Å². The summed E-state index contributed by atoms with van der Waals surface area (Å²) in [5.41, 5.74) is 1.07. The number of hydrogen-bond acceptors (Lipinski definition) is 5. The molecule has 0 radical (unpaired) electrons. The van der Waals surface area contributed by atoms with Gasteiger partial charge >= 0.3 is 11.9 Å². The quantitative estimate of drug-likeness (QED) is 0.546. The third kappa shape index (κ3) is 4.06. The zero-order chi connectivity index (χ0) is 23.1. The van der Waals surface area contributed by atoms with Gasteiger partial charge in [-0.3, -0.25) is 14.5 Å². The van der Waals surface area contributed by atoms with Crippen molar-refractivity contribution in [2.24, 2.45) is 23.7 Å². The van der Waals surface area contributed by atoms with E-state index in [4.69, 9.17) is 9.84 Å². The van der Waals surface area contributed by atoms with Crippen LogP contribution in [0.4, 0.5) is 0 Å². The highest BCUT2D eigenvalue weighted by atomic mass is 16.6. The van der Waals surface area contributed by atoms with Crippen molar-refractivity contribution in [3.05, 3.63) is 60.7 Å². The second kappa shape index (κ2) is 8.92. The summed E-state index contributed by atoms with van der Waals surface area (Å²) < 4.78 is 4.84. The zero-order valence-corrected chi connectivity index (χ0v) is 18.7. The minimum Gasteiger partial charge on any atom is -0.481 e. The van der Waals surface area contributed by atoms with Gasteiger partial charge in [-0.1, -0.05) is 48.5 Å². The molecule has 7 unspecified atom stereocenters. The predicted molar refractivity (Wildman–Crippen MR) is 124 cm³/mol. The van der Waals surface area contributed by atoms with Crippen LogP contribution in [0.15, 0.2) is 55.1 Å². The number of aliphatic hydroxyl groups excluding tert-OH is 1. The molecule has 4 heterocycles. The van der Waals surface area contributed by atoms with Crippen LogP contribution in [0.3, 0.4) is 0 Å². The van der Waals surface area contributed by atoms with Gasteiger partial charge in [-0.2, -0.15) is 0 Å². The third-order valence-electron chi connectivity index (χ3n) is 8.08. The Bertz CT molecular complexity index is 1060. The Morgan fingerprint density at radius 2 is 1.94 bits per heavy atom. The molecule has 1 aliphatic carbocycles. The first-order chi connectivity index (χ1) is 16.0. The maximum Gasteiger partial charge on any atom is 0.310 e. The van der Waals surface area contributed by atoms with E-state index in [9.17, 15) is 14.7 Å². The summed E-state index contributed by atoms with van der Waals surface area (Å²) in [7, 11) is 0. The average molecular weight is 450 g/mol. The number of nitrogens with zero attached hydrogens (tertiary/aromatic N) is 1. The number of carboxylic acid groups (broad SMARTS) is 1. The number of rotatable bonds is 4. The lowest BCUT2D eigenvalue weighted by molar-refractivity contribution is -0.158. The Hall–Kier alpha value is -2.70. The van der Waals surface area contributed by atoms with Crippen LogP contribution in [0.1, 0.15) is 37.4 Å². The number of piperidine rings is 3. The second-order valence-electron chi connectivity index (χ2n) is 9.84. The number of ether oxygens (including phenoxy) is 1. The highest BCUT2D eigenvalue weighted by Crippen LogP contribution is 2.42. The number of carbonyl (C=O) groups excluding carboxylic acids is 1. The largest absolute Gasteiger partial charge is 0.481 e. The molecule has 5 aliphatic rings. The maximum atomic E-state index is 11.1. The maximum absolute atomic E-state index is 11.1. The van der Waals surface area contributed by atoms with Gasteiger partial charge < -0.3 is 14.9 Å². The van der Waals surface area contributed by atoms with Crippen LogP contribution in [0.25, 0.3) is 10.8 Å². The Morgan fingerprint density at radius 3 is 2.58 bits per heavy atom. The lowest BCUT2D eigenvalue weighted by Crippen LogP contribution is -2.54. The molecule has 33 heavy (non-hydrogen) atoms. The average Bonchev–Trinajstić information content (AvgIpc) is 3.44. The smallest absolute Gasteiger partial charge is 0.310 e. The van der Waals surface area contributed by atoms with Gasteiger partial charge in [0.15, 0.2) is 0 Å². The molecule has 0 amide bonds. The van der Waals surface area contributed by atoms with Crippen molar-refractivity contribution in [2.75, 3.05) is 13.1 Å². The fraction of sp³-hybridized carbons (Fsp3) is 0.481. The number of carboxylic acids is 1. The topological polar surface area (TPSA) is 87.1 Å². The van der Waals surface area contributed by atoms with Crippen LogP contribution in [-0.2, 0) is 14.3 Å². The molecular weight excluding hydrogens is 418 g/mol. The number of esters is 1. The van der Waals surface area contributed by atoms with Crippen molar-refractivity contribution in [2.45, 2.75) is 43.9 Å². The lowest BCUT2D eigenvalue weighted by atomic mass is 9.73. The zero-order valence-electron chi connectivity index (χ0n) is 18.7. The summed E-state index contributed by atoms with van der Waals surface area (Å²) in [5, 5.41) is 22.1. The molecule has 7 rings (SSSR count). The van der Waals surface area contributed by atoms with Gasteiger partial charge in [0.2, 0.25) is 0 Å². The van der Waals surface area contributed by atoms with Crippen molar-refractivity contribution in [1.29, 1.82) is 0 Å². The lowest BCUT2D eigenvalue weighted by Gasteiger charge is -2.50. The molecule has 4 bridgehead atoms. The Labute approximate surface area is 193 Å². The monoisotopic (exact) mass is 449 g/mol. The first kappa shape index (κ1) is 22.1. The molecule has 2 N–H and O–H groups in total. The van der Waals surface area contributed by atoms with Crippen molar-refractivity contribution in [1.82, 2.24) is 4.90 Å². The number of aliphatic hydroxyl groups is 1. The van der Waals surface area contributed by atoms with Crippen LogP contribution in [0, 0.1) is 23.7 Å². The van der Waals surface area contributed by atoms with Crippen LogP contribution in [0.2, 0.25) is 0 Å². The molecule has 5 fully saturated rings. The number of benzene rings is 2. The number of fused-ring (bicyclic) bond motifs is 6. The molecule has 1 saturated carbocycles. The molecule has 6 heteroatoms. The summed E-state index contributed by atoms with van der Waals surface area (Å²) in [6.07, 6.45) is 5.03. The van der Waals surface area contributed by atoms with Gasteiger partial charge in [0, 0.05) is 12.6 Å². The van der Waals surface area contributed by atoms with E-state index >= 15 is 0 Å². The van der Waals surface area contributed by atoms with Crippen molar-refractivity contribution >= 4 is 22.7 Å². The number of carbonyl (C=O) groups is 2. The first-order valence-electron chi connectivity index (χ1n) is 11.9. The van der Waals surface area contributed by atoms with Gasteiger partial charge in [0.05, 0.1) is 17.9 Å². The normalized spacial score (nSPS) is 34.9. The second-order valence-corrected chi connectivity index (χ2v) is 9.84. The van der Waals surface area contributed by atoms with Crippen LogP contribution < -0.4 is 0 Å². The van der Waals surface area contributed by atoms with E-state index in [1.165, 1.54) is 17.2 Å². The standard InChI is InChI=1S/C20H23NO.C7H8O4/c1-2-14-13-21-11-10-16(14)12-19(21)20(22)18-9-5-7-15-6-3-4-8-17(15)18;8-6(9)4-1-3-2-5(4)7(10)11-3/h2-9,14,16,19-20,22H,1,10-13H2;3-5H,1-2H2,(H,8,9)/t14?,16?,19?,20-;/m1./s1. The van der Waals surface area contributed by atoms with E-state index in [1.807, 2.05) is 0 Å². The van der Waals surface area contributed by atoms with Crippen molar-refractivity contribution in [3.63, 3.8) is 0 Å². The summed E-state index contributed by atoms with van der Waals surface area (Å²) >= 11 is 0. The van der Waals surface area contributed by atoms with Crippen LogP contribution in [0.5, 0.6) is 0 Å². The molecule has 0 spiro atoms. The molecule has 2 aromatic rings. The summed E-state index contributed by atoms with van der Waals surface area (Å²) in [6, 6.07) is 14.9. The highest BCUT2D eigenvalue weighted by molar-refractivity contribution is 5.86. The minimum absolute atomic E-state index is 0.117. The van der Waals surface area contributed by atoms with E-state index in [0.717, 1.165) is 25.1 Å². The van der Waals surface area contributed by atoms with E-state index in [0.29, 0.717) is 24.7 Å². The SMILES string of the molecule is C=CC1CN2CCC1CC2[C@H](O)c1cccc2ccccc12.O=C(O)C1CC2CC1C(=O)O2. The van der Waals surface area contributed by atoms with Crippen LogP contribution in [-0.4, -0.2) is 52.3 Å². The van der Waals surface area contributed by atoms with E-state index in [-0.39, 0.29) is 24.0 Å². The molecule has 8 atom stereocenters. The molecule has 2 aromatic carbocycles. The molecule has 174 valence electrons. The van der Waals surface area contributed by atoms with Gasteiger partial charge in [0.25, 0.3) is 0 Å². The van der Waals surface area contributed by atoms with Gasteiger partial charge in [0.1, 0.15) is 6.10 Å². The third-order valence-corrected chi connectivity index (χ3v) is 8.08. The first-order valence-corrected chi connectivity index (χ1v) is 11.9. The minimum atomic E-state index is -0.867. The van der Waals surface area contributed by atoms with E-state index in [2.05, 4.69) is 60.0 Å². The Kier molecular flexibility index (Phi) is 5.97. The molecular formula is C27H31NO5. The van der Waals surface area contributed by atoms with Crippen LogP contribution >= 0.6 is 0 Å². The molecule has 4 saturated heterocycles. The summed E-state index contributed by atoms with van der Waals surface area (Å²) in [5.74, 6) is -0.747. The van der Waals surface area contributed by atoms with Gasteiger partial charge in [-0.25, -0.2) is 0 Å². The van der Waals surface area contributed by atoms with Crippen molar-refractivity contribution in [3.8, 4) is 0 Å².